The molecule has 4 nitrogen and oxygen atoms in total. The highest BCUT2D eigenvalue weighted by molar-refractivity contribution is 5.69. The Labute approximate surface area is 135 Å². The first kappa shape index (κ1) is 14.8. The van der Waals surface area contributed by atoms with Crippen LogP contribution in [0.5, 0.6) is 0 Å². The van der Waals surface area contributed by atoms with Crippen molar-refractivity contribution in [2.75, 3.05) is 0 Å². The maximum absolute atomic E-state index is 14.4. The molecular formula is C18H22FN3O. The summed E-state index contributed by atoms with van der Waals surface area (Å²) < 4.78 is 16.5. The number of nitrogens with zero attached hydrogens (tertiary/aromatic N) is 2. The average Bonchev–Trinajstić information content (AvgIpc) is 3.11. The summed E-state index contributed by atoms with van der Waals surface area (Å²) in [6.45, 7) is 0. The number of benzene rings is 1. The molecule has 1 aliphatic carbocycles. The van der Waals surface area contributed by atoms with Gasteiger partial charge in [-0.05, 0) is 44.6 Å². The minimum atomic E-state index is -0.242. The van der Waals surface area contributed by atoms with Gasteiger partial charge in [-0.25, -0.2) is 9.37 Å². The highest BCUT2D eigenvalue weighted by atomic mass is 19.1. The van der Waals surface area contributed by atoms with E-state index in [0.717, 1.165) is 55.3 Å². The van der Waals surface area contributed by atoms with Crippen LogP contribution < -0.4 is 5.73 Å². The van der Waals surface area contributed by atoms with Gasteiger partial charge in [-0.1, -0.05) is 12.1 Å². The molecule has 1 saturated carbocycles. The highest BCUT2D eigenvalue weighted by Crippen LogP contribution is 2.44. The molecule has 5 heteroatoms. The molecule has 1 fully saturated rings. The molecule has 122 valence electrons. The lowest BCUT2D eigenvalue weighted by Crippen LogP contribution is -2.44. The fourth-order valence-electron chi connectivity index (χ4n) is 4.13. The van der Waals surface area contributed by atoms with Crippen molar-refractivity contribution in [1.82, 2.24) is 9.55 Å². The van der Waals surface area contributed by atoms with E-state index < -0.39 is 0 Å². The Kier molecular flexibility index (Phi) is 3.50. The van der Waals surface area contributed by atoms with Crippen LogP contribution in [0, 0.1) is 5.82 Å². The molecule has 0 saturated heterocycles. The second kappa shape index (κ2) is 5.42. The predicted octanol–water partition coefficient (Wildman–Crippen LogP) is 3.00. The minimum absolute atomic E-state index is 0.0315. The van der Waals surface area contributed by atoms with Crippen LogP contribution in [0.25, 0.3) is 11.3 Å². The molecule has 23 heavy (non-hydrogen) atoms. The molecule has 3 N–H and O–H groups in total. The zero-order valence-electron chi connectivity index (χ0n) is 13.1. The van der Waals surface area contributed by atoms with Crippen molar-refractivity contribution in [3.63, 3.8) is 0 Å². The zero-order chi connectivity index (χ0) is 16.0. The lowest BCUT2D eigenvalue weighted by molar-refractivity contribution is 0.0927. The fraction of sp³-hybridized carbons (Fsp3) is 0.500. The quantitative estimate of drug-likeness (QED) is 0.915. The lowest BCUT2D eigenvalue weighted by atomic mass is 9.77. The van der Waals surface area contributed by atoms with Gasteiger partial charge in [0.25, 0.3) is 0 Å². The summed E-state index contributed by atoms with van der Waals surface area (Å²) >= 11 is 0. The number of hydrogen-bond donors (Lipinski definition) is 2. The van der Waals surface area contributed by atoms with Crippen molar-refractivity contribution in [3.8, 4) is 11.3 Å². The molecule has 1 atom stereocenters. The van der Waals surface area contributed by atoms with Crippen molar-refractivity contribution < 1.29 is 9.50 Å². The molecule has 1 aromatic heterocycles. The third-order valence-electron chi connectivity index (χ3n) is 5.53. The molecular weight excluding hydrogens is 293 g/mol. The molecule has 2 aliphatic rings. The Morgan fingerprint density at radius 3 is 2.91 bits per heavy atom. The molecule has 0 bridgehead atoms. The normalized spacial score (nSPS) is 29.3. The number of halogens is 1. The number of rotatable bonds is 3. The van der Waals surface area contributed by atoms with E-state index >= 15 is 0 Å². The number of hydrogen-bond acceptors (Lipinski definition) is 3. The van der Waals surface area contributed by atoms with Gasteiger partial charge in [-0.15, -0.1) is 0 Å². The topological polar surface area (TPSA) is 64.1 Å². The first-order valence-corrected chi connectivity index (χ1v) is 8.35. The second-order valence-corrected chi connectivity index (χ2v) is 7.04. The van der Waals surface area contributed by atoms with Crippen molar-refractivity contribution in [1.29, 1.82) is 0 Å². The Morgan fingerprint density at radius 2 is 2.13 bits per heavy atom. The van der Waals surface area contributed by atoms with Gasteiger partial charge < -0.3 is 15.4 Å². The summed E-state index contributed by atoms with van der Waals surface area (Å²) in [6, 6.07) is 5.21. The van der Waals surface area contributed by atoms with Crippen LogP contribution in [0.3, 0.4) is 0 Å². The Balaban J connectivity index is 1.58. The number of aliphatic hydroxyl groups excluding tert-OH is 1. The summed E-state index contributed by atoms with van der Waals surface area (Å²) in [5.41, 5.74) is 8.97. The van der Waals surface area contributed by atoms with Crippen molar-refractivity contribution >= 4 is 0 Å². The first-order valence-electron chi connectivity index (χ1n) is 8.35. The monoisotopic (exact) mass is 315 g/mol. The summed E-state index contributed by atoms with van der Waals surface area (Å²) in [5.74, 6) is -0.152. The molecule has 0 amide bonds. The van der Waals surface area contributed by atoms with Crippen LogP contribution in [0.4, 0.5) is 4.39 Å². The summed E-state index contributed by atoms with van der Waals surface area (Å²) in [5, 5.41) is 9.67. The average molecular weight is 315 g/mol. The van der Waals surface area contributed by atoms with Crippen LogP contribution in [-0.4, -0.2) is 26.3 Å². The van der Waals surface area contributed by atoms with Gasteiger partial charge in [0.1, 0.15) is 5.82 Å². The Bertz CT molecular complexity index is 719. The van der Waals surface area contributed by atoms with E-state index in [0.29, 0.717) is 0 Å². The van der Waals surface area contributed by atoms with Gasteiger partial charge in [0.05, 0.1) is 30.4 Å². The van der Waals surface area contributed by atoms with Gasteiger partial charge in [-0.3, -0.25) is 0 Å². The van der Waals surface area contributed by atoms with Crippen LogP contribution >= 0.6 is 0 Å². The number of fused-ring (bicyclic) bond motifs is 3. The molecule has 2 heterocycles. The summed E-state index contributed by atoms with van der Waals surface area (Å²) in [4.78, 5) is 4.22. The fourth-order valence-corrected chi connectivity index (χ4v) is 4.13. The molecule has 4 rings (SSSR count). The van der Waals surface area contributed by atoms with Crippen LogP contribution in [0.2, 0.25) is 0 Å². The zero-order valence-corrected chi connectivity index (χ0v) is 13.1. The smallest absolute Gasteiger partial charge is 0.129 e. The third kappa shape index (κ3) is 2.48. The summed E-state index contributed by atoms with van der Waals surface area (Å²) in [6.07, 6.45) is 8.20. The maximum atomic E-state index is 14.4. The molecule has 1 aliphatic heterocycles. The van der Waals surface area contributed by atoms with E-state index in [4.69, 9.17) is 5.73 Å². The molecule has 2 aromatic rings. The van der Waals surface area contributed by atoms with E-state index in [1.165, 1.54) is 6.07 Å². The van der Waals surface area contributed by atoms with E-state index in [-0.39, 0.29) is 23.5 Å². The number of aromatic nitrogens is 2. The predicted molar refractivity (Wildman–Crippen MR) is 86.4 cm³/mol. The number of nitrogens with two attached hydrogens (primary N) is 1. The Hall–Kier alpha value is -1.72. The molecule has 0 unspecified atom stereocenters. The van der Waals surface area contributed by atoms with Gasteiger partial charge in [0.2, 0.25) is 0 Å². The standard InChI is InChI=1S/C18H22FN3O/c19-14-3-1-2-13-16-10-21-11-22(16)15(17(13)14)6-9-18(20)7-4-12(23)5-8-18/h1-3,10-12,15,23H,4-9,20H2/t12?,15-,18?/m0/s1. The highest BCUT2D eigenvalue weighted by Gasteiger charge is 2.35. The third-order valence-corrected chi connectivity index (χ3v) is 5.53. The number of aliphatic hydroxyl groups is 1. The van der Waals surface area contributed by atoms with E-state index in [1.807, 2.05) is 6.07 Å². The minimum Gasteiger partial charge on any atom is -0.393 e. The molecule has 0 spiro atoms. The van der Waals surface area contributed by atoms with Gasteiger partial charge >= 0.3 is 0 Å². The van der Waals surface area contributed by atoms with Gasteiger partial charge in [0.15, 0.2) is 0 Å². The van der Waals surface area contributed by atoms with Crippen molar-refractivity contribution in [3.05, 3.63) is 42.1 Å². The largest absolute Gasteiger partial charge is 0.393 e. The summed E-state index contributed by atoms with van der Waals surface area (Å²) in [7, 11) is 0. The van der Waals surface area contributed by atoms with Crippen LogP contribution in [0.15, 0.2) is 30.7 Å². The van der Waals surface area contributed by atoms with Gasteiger partial charge in [0, 0.05) is 16.7 Å². The molecule has 0 radical (unpaired) electrons. The first-order chi connectivity index (χ1) is 11.1. The SMILES string of the molecule is NC1(CC[C@H]2c3c(F)cccc3-c3cncn32)CCC(O)CC1. The van der Waals surface area contributed by atoms with Crippen LogP contribution in [-0.2, 0) is 0 Å². The number of imidazole rings is 1. The van der Waals surface area contributed by atoms with Gasteiger partial charge in [-0.2, -0.15) is 0 Å². The second-order valence-electron chi connectivity index (χ2n) is 7.04. The van der Waals surface area contributed by atoms with Crippen molar-refractivity contribution in [2.24, 2.45) is 5.73 Å². The maximum Gasteiger partial charge on any atom is 0.129 e. The van der Waals surface area contributed by atoms with Crippen LogP contribution in [0.1, 0.15) is 50.1 Å². The van der Waals surface area contributed by atoms with E-state index in [9.17, 15) is 9.50 Å². The Morgan fingerprint density at radius 1 is 1.35 bits per heavy atom. The lowest BCUT2D eigenvalue weighted by Gasteiger charge is -2.36. The van der Waals surface area contributed by atoms with E-state index in [2.05, 4.69) is 9.55 Å². The molecule has 1 aromatic carbocycles. The van der Waals surface area contributed by atoms with E-state index in [1.54, 1.807) is 18.6 Å². The van der Waals surface area contributed by atoms with Crippen molar-refractivity contribution in [2.45, 2.75) is 56.2 Å².